The number of halogens is 1. The van der Waals surface area contributed by atoms with Gasteiger partial charge in [0.15, 0.2) is 0 Å². The molecule has 1 heterocycles. The van der Waals surface area contributed by atoms with E-state index in [9.17, 15) is 28.8 Å². The van der Waals surface area contributed by atoms with Gasteiger partial charge in [-0.2, -0.15) is 0 Å². The predicted molar refractivity (Wildman–Crippen MR) is 143 cm³/mol. The molecule has 4 amide bonds. The molecule has 2 aliphatic rings. The lowest BCUT2D eigenvalue weighted by Gasteiger charge is -2.40. The molecule has 4 N–H and O–H groups in total. The van der Waals surface area contributed by atoms with Crippen molar-refractivity contribution in [1.29, 1.82) is 0 Å². The number of likely N-dealkylation sites (tertiary alicyclic amines) is 1. The molecule has 1 aromatic carbocycles. The van der Waals surface area contributed by atoms with Gasteiger partial charge in [0.2, 0.25) is 17.7 Å². The number of nitrogens with zero attached hydrogens (tertiary/aromatic N) is 1. The SMILES string of the molecule is CCC(=O)Nc1ccc(C(=O)N[C@H](C(=O)N2[C@@H]3CC[C@@H](C3)[C@H]2C(=O)N[C@H](C=O)CC(=O)O)C(C)(C)C)cc1Cl. The van der Waals surface area contributed by atoms with Gasteiger partial charge in [0, 0.05) is 18.0 Å². The smallest absolute Gasteiger partial charge is 0.305 e. The summed E-state index contributed by atoms with van der Waals surface area (Å²) in [7, 11) is 0. The van der Waals surface area contributed by atoms with Crippen LogP contribution in [0.15, 0.2) is 18.2 Å². The molecule has 1 saturated carbocycles. The van der Waals surface area contributed by atoms with E-state index in [-0.39, 0.29) is 34.9 Å². The van der Waals surface area contributed by atoms with Gasteiger partial charge < -0.3 is 30.8 Å². The molecule has 11 nitrogen and oxygen atoms in total. The fourth-order valence-corrected chi connectivity index (χ4v) is 5.47. The predicted octanol–water partition coefficient (Wildman–Crippen LogP) is 2.37. The highest BCUT2D eigenvalue weighted by Crippen LogP contribution is 2.43. The fourth-order valence-electron chi connectivity index (χ4n) is 5.24. The summed E-state index contributed by atoms with van der Waals surface area (Å²) in [4.78, 5) is 76.0. The molecule has 0 unspecified atom stereocenters. The lowest BCUT2D eigenvalue weighted by molar-refractivity contribution is -0.147. The number of aldehydes is 1. The number of carboxylic acids is 1. The molecular formula is C27H35ClN4O7. The van der Waals surface area contributed by atoms with Gasteiger partial charge in [-0.3, -0.25) is 24.0 Å². The molecule has 1 aliphatic carbocycles. The average Bonchev–Trinajstić information content (AvgIpc) is 3.48. The van der Waals surface area contributed by atoms with Crippen LogP contribution in [-0.4, -0.2) is 70.1 Å². The number of nitrogens with one attached hydrogen (secondary N) is 3. The van der Waals surface area contributed by atoms with Gasteiger partial charge in [0.1, 0.15) is 18.4 Å². The first-order chi connectivity index (χ1) is 18.3. The maximum Gasteiger partial charge on any atom is 0.305 e. The van der Waals surface area contributed by atoms with Crippen LogP contribution in [0.25, 0.3) is 0 Å². The Morgan fingerprint density at radius 1 is 1.15 bits per heavy atom. The summed E-state index contributed by atoms with van der Waals surface area (Å²) in [6, 6.07) is 1.13. The van der Waals surface area contributed by atoms with Crippen LogP contribution in [0, 0.1) is 11.3 Å². The summed E-state index contributed by atoms with van der Waals surface area (Å²) in [5, 5.41) is 17.1. The normalized spacial score (nSPS) is 21.6. The topological polar surface area (TPSA) is 162 Å². The van der Waals surface area contributed by atoms with E-state index in [1.54, 1.807) is 27.7 Å². The van der Waals surface area contributed by atoms with E-state index < -0.39 is 53.7 Å². The summed E-state index contributed by atoms with van der Waals surface area (Å²) >= 11 is 6.27. The number of carbonyl (C=O) groups is 6. The third-order valence-corrected chi connectivity index (χ3v) is 7.52. The first kappa shape index (κ1) is 30.1. The molecule has 12 heteroatoms. The Bertz CT molecular complexity index is 1170. The maximum absolute atomic E-state index is 14.0. The van der Waals surface area contributed by atoms with Crippen LogP contribution in [0.3, 0.4) is 0 Å². The number of amides is 4. The number of hydrogen-bond acceptors (Lipinski definition) is 6. The van der Waals surface area contributed by atoms with Gasteiger partial charge in [-0.1, -0.05) is 39.3 Å². The molecule has 39 heavy (non-hydrogen) atoms. The number of carboxylic acid groups (broad SMARTS) is 1. The number of carbonyl (C=O) groups excluding carboxylic acids is 5. The molecule has 0 radical (unpaired) electrons. The van der Waals surface area contributed by atoms with Crippen molar-refractivity contribution >= 4 is 53.2 Å². The number of anilines is 1. The van der Waals surface area contributed by atoms with Gasteiger partial charge in [-0.05, 0) is 48.8 Å². The van der Waals surface area contributed by atoms with Crippen LogP contribution in [0.5, 0.6) is 0 Å². The van der Waals surface area contributed by atoms with Crippen LogP contribution in [-0.2, 0) is 24.0 Å². The molecule has 1 aliphatic heterocycles. The van der Waals surface area contributed by atoms with Crippen LogP contribution >= 0.6 is 11.6 Å². The highest BCUT2D eigenvalue weighted by molar-refractivity contribution is 6.34. The van der Waals surface area contributed by atoms with Crippen molar-refractivity contribution in [2.75, 3.05) is 5.32 Å². The fraction of sp³-hybridized carbons (Fsp3) is 0.556. The van der Waals surface area contributed by atoms with Crippen molar-refractivity contribution in [3.63, 3.8) is 0 Å². The van der Waals surface area contributed by atoms with Gasteiger partial charge in [0.05, 0.1) is 23.2 Å². The van der Waals surface area contributed by atoms with Crippen molar-refractivity contribution in [1.82, 2.24) is 15.5 Å². The summed E-state index contributed by atoms with van der Waals surface area (Å²) in [6.07, 6.45) is 2.11. The Labute approximate surface area is 232 Å². The second kappa shape index (κ2) is 12.1. The van der Waals surface area contributed by atoms with Crippen molar-refractivity contribution in [2.24, 2.45) is 11.3 Å². The Morgan fingerprint density at radius 2 is 1.85 bits per heavy atom. The average molecular weight is 563 g/mol. The number of benzene rings is 1. The zero-order valence-electron chi connectivity index (χ0n) is 22.5. The minimum absolute atomic E-state index is 0.128. The zero-order valence-corrected chi connectivity index (χ0v) is 23.2. The third kappa shape index (κ3) is 6.95. The third-order valence-electron chi connectivity index (χ3n) is 7.21. The molecule has 1 aromatic rings. The molecule has 2 bridgehead atoms. The second-order valence-corrected chi connectivity index (χ2v) is 11.5. The lowest BCUT2D eigenvalue weighted by atomic mass is 9.84. The highest BCUT2D eigenvalue weighted by Gasteiger charge is 2.53. The largest absolute Gasteiger partial charge is 0.481 e. The molecule has 0 spiro atoms. The van der Waals surface area contributed by atoms with Crippen molar-refractivity contribution in [3.05, 3.63) is 28.8 Å². The Balaban J connectivity index is 1.82. The van der Waals surface area contributed by atoms with E-state index in [1.807, 2.05) is 0 Å². The lowest BCUT2D eigenvalue weighted by Crippen LogP contribution is -2.61. The maximum atomic E-state index is 14.0. The number of fused-ring (bicyclic) bond motifs is 2. The quantitative estimate of drug-likeness (QED) is 0.318. The monoisotopic (exact) mass is 562 g/mol. The molecule has 5 atom stereocenters. The Kier molecular flexibility index (Phi) is 9.37. The minimum Gasteiger partial charge on any atom is -0.481 e. The molecular weight excluding hydrogens is 528 g/mol. The number of aliphatic carboxylic acids is 1. The van der Waals surface area contributed by atoms with E-state index in [1.165, 1.54) is 23.1 Å². The number of rotatable bonds is 10. The Morgan fingerprint density at radius 3 is 2.41 bits per heavy atom. The summed E-state index contributed by atoms with van der Waals surface area (Å²) in [6.45, 7) is 7.09. The molecule has 0 aromatic heterocycles. The Hall–Kier alpha value is -3.47. The van der Waals surface area contributed by atoms with Crippen molar-refractivity contribution in [2.45, 2.75) is 84.0 Å². The van der Waals surface area contributed by atoms with Crippen molar-refractivity contribution in [3.8, 4) is 0 Å². The number of piperidine rings is 1. The summed E-state index contributed by atoms with van der Waals surface area (Å²) < 4.78 is 0. The first-order valence-corrected chi connectivity index (χ1v) is 13.3. The molecule has 3 rings (SSSR count). The van der Waals surface area contributed by atoms with Crippen LogP contribution in [0.4, 0.5) is 5.69 Å². The van der Waals surface area contributed by atoms with E-state index in [2.05, 4.69) is 16.0 Å². The van der Waals surface area contributed by atoms with Gasteiger partial charge in [0.25, 0.3) is 5.91 Å². The van der Waals surface area contributed by atoms with E-state index in [4.69, 9.17) is 16.7 Å². The summed E-state index contributed by atoms with van der Waals surface area (Å²) in [5.74, 6) is -3.15. The van der Waals surface area contributed by atoms with Crippen LogP contribution < -0.4 is 16.0 Å². The number of hydrogen-bond donors (Lipinski definition) is 4. The van der Waals surface area contributed by atoms with E-state index in [0.29, 0.717) is 24.8 Å². The van der Waals surface area contributed by atoms with Gasteiger partial charge in [-0.15, -0.1) is 0 Å². The molecule has 1 saturated heterocycles. The standard InChI is InChI=1S/C27H35ClN4O7/c1-5-20(34)30-19-9-7-15(11-18(19)28)24(37)31-23(27(2,3)4)26(39)32-17-8-6-14(10-17)22(32)25(38)29-16(13-33)12-21(35)36/h7,9,11,13-14,16-17,22-23H,5-6,8,10,12H2,1-4H3,(H,29,38)(H,30,34)(H,31,37)(H,35,36)/t14-,16-,17+,22-,23+/m0/s1. The van der Waals surface area contributed by atoms with Crippen LogP contribution in [0.2, 0.25) is 5.02 Å². The van der Waals surface area contributed by atoms with Gasteiger partial charge >= 0.3 is 5.97 Å². The molecule has 2 fully saturated rings. The second-order valence-electron chi connectivity index (χ2n) is 11.1. The zero-order chi connectivity index (χ0) is 29.1. The first-order valence-electron chi connectivity index (χ1n) is 13.0. The van der Waals surface area contributed by atoms with Gasteiger partial charge in [-0.25, -0.2) is 0 Å². The molecule has 212 valence electrons. The minimum atomic E-state index is -1.23. The van der Waals surface area contributed by atoms with E-state index in [0.717, 1.165) is 6.42 Å². The highest BCUT2D eigenvalue weighted by atomic mass is 35.5. The summed E-state index contributed by atoms with van der Waals surface area (Å²) in [5.41, 5.74) is -0.179. The van der Waals surface area contributed by atoms with Crippen LogP contribution in [0.1, 0.15) is 70.2 Å². The van der Waals surface area contributed by atoms with Crippen molar-refractivity contribution < 1.29 is 33.9 Å². The van der Waals surface area contributed by atoms with E-state index >= 15 is 0 Å².